The van der Waals surface area contributed by atoms with Gasteiger partial charge in [0, 0.05) is 35.2 Å². The van der Waals surface area contributed by atoms with E-state index in [1.165, 1.54) is 5.69 Å². The van der Waals surface area contributed by atoms with Crippen molar-refractivity contribution in [3.05, 3.63) is 58.2 Å². The van der Waals surface area contributed by atoms with Crippen LogP contribution in [0.15, 0.2) is 28.9 Å². The summed E-state index contributed by atoms with van der Waals surface area (Å²) in [4.78, 5) is 24.0. The van der Waals surface area contributed by atoms with Gasteiger partial charge in [0.2, 0.25) is 5.89 Å². The number of aryl methyl sites for hydroxylation is 1. The Bertz CT molecular complexity index is 1220. The van der Waals surface area contributed by atoms with E-state index in [1.54, 1.807) is 4.90 Å². The molecule has 0 N–H and O–H groups in total. The van der Waals surface area contributed by atoms with Crippen LogP contribution in [0.3, 0.4) is 0 Å². The van der Waals surface area contributed by atoms with Crippen molar-refractivity contribution >= 4 is 17.7 Å². The monoisotopic (exact) mass is 497 g/mol. The van der Waals surface area contributed by atoms with E-state index >= 15 is 0 Å². The van der Waals surface area contributed by atoms with Crippen LogP contribution in [-0.2, 0) is 24.2 Å². The standard InChI is InChI=1S/C26H32ClN5O3/c1-5-23-29-24(30-35-23)17-8-6-16(7-9-17)21-13-28-22-15-31(25(33)34-26(2,3)4)14-18-12-19(27)10-11-20(18)32(21)22/h10-13,16-17H,5-9,14-15H2,1-4H3/t16-,17-. The van der Waals surface area contributed by atoms with Crippen LogP contribution >= 0.6 is 11.6 Å². The molecule has 0 bridgehead atoms. The number of hydrogen-bond acceptors (Lipinski definition) is 6. The lowest BCUT2D eigenvalue weighted by Crippen LogP contribution is -2.35. The number of nitrogens with zero attached hydrogens (tertiary/aromatic N) is 5. The van der Waals surface area contributed by atoms with E-state index in [1.807, 2.05) is 52.1 Å². The first-order valence-electron chi connectivity index (χ1n) is 12.4. The van der Waals surface area contributed by atoms with Crippen LogP contribution in [0.4, 0.5) is 4.79 Å². The molecule has 2 aromatic heterocycles. The van der Waals surface area contributed by atoms with Gasteiger partial charge in [0.05, 0.1) is 18.8 Å². The highest BCUT2D eigenvalue weighted by Crippen LogP contribution is 2.41. The van der Waals surface area contributed by atoms with Gasteiger partial charge in [-0.3, -0.25) is 9.47 Å². The number of ether oxygens (including phenoxy) is 1. The molecule has 1 aromatic carbocycles. The minimum Gasteiger partial charge on any atom is -0.444 e. The molecule has 1 amide bonds. The van der Waals surface area contributed by atoms with Crippen molar-refractivity contribution in [1.82, 2.24) is 24.6 Å². The van der Waals surface area contributed by atoms with Gasteiger partial charge in [-0.05, 0) is 70.2 Å². The van der Waals surface area contributed by atoms with Gasteiger partial charge < -0.3 is 9.26 Å². The minimum absolute atomic E-state index is 0.329. The Morgan fingerprint density at radius 1 is 1.17 bits per heavy atom. The van der Waals surface area contributed by atoms with E-state index in [-0.39, 0.29) is 6.09 Å². The average Bonchev–Trinajstić information content (AvgIpc) is 3.42. The minimum atomic E-state index is -0.573. The fourth-order valence-electron chi connectivity index (χ4n) is 5.09. The van der Waals surface area contributed by atoms with Gasteiger partial charge in [-0.2, -0.15) is 4.98 Å². The number of aromatic nitrogens is 4. The van der Waals surface area contributed by atoms with E-state index in [9.17, 15) is 4.79 Å². The average molecular weight is 498 g/mol. The molecule has 35 heavy (non-hydrogen) atoms. The van der Waals surface area contributed by atoms with Crippen LogP contribution in [0.25, 0.3) is 5.69 Å². The highest BCUT2D eigenvalue weighted by atomic mass is 35.5. The number of amides is 1. The molecule has 3 heterocycles. The molecule has 186 valence electrons. The maximum atomic E-state index is 13.0. The first-order chi connectivity index (χ1) is 16.7. The zero-order valence-corrected chi connectivity index (χ0v) is 21.5. The Labute approximate surface area is 210 Å². The first-order valence-corrected chi connectivity index (χ1v) is 12.8. The second kappa shape index (κ2) is 9.30. The predicted molar refractivity (Wildman–Crippen MR) is 132 cm³/mol. The number of imidazole rings is 1. The number of hydrogen-bond donors (Lipinski definition) is 0. The number of fused-ring (bicyclic) bond motifs is 3. The van der Waals surface area contributed by atoms with E-state index in [0.717, 1.165) is 55.0 Å². The second-order valence-corrected chi connectivity index (χ2v) is 10.9. The third kappa shape index (κ3) is 4.94. The molecule has 8 nitrogen and oxygen atoms in total. The van der Waals surface area contributed by atoms with E-state index < -0.39 is 5.60 Å². The summed E-state index contributed by atoms with van der Waals surface area (Å²) in [5, 5.41) is 4.85. The quantitative estimate of drug-likeness (QED) is 0.430. The van der Waals surface area contributed by atoms with E-state index in [0.29, 0.717) is 35.8 Å². The van der Waals surface area contributed by atoms with Crippen molar-refractivity contribution in [3.63, 3.8) is 0 Å². The summed E-state index contributed by atoms with van der Waals surface area (Å²) >= 11 is 6.36. The van der Waals surface area contributed by atoms with Crippen LogP contribution < -0.4 is 0 Å². The number of benzene rings is 1. The lowest BCUT2D eigenvalue weighted by atomic mass is 9.80. The molecule has 9 heteroatoms. The van der Waals surface area contributed by atoms with E-state index in [4.69, 9.17) is 25.8 Å². The van der Waals surface area contributed by atoms with Crippen molar-refractivity contribution in [2.75, 3.05) is 0 Å². The number of rotatable bonds is 3. The molecular weight excluding hydrogens is 466 g/mol. The molecule has 1 saturated carbocycles. The Morgan fingerprint density at radius 2 is 1.91 bits per heavy atom. The van der Waals surface area contributed by atoms with Crippen LogP contribution in [0, 0.1) is 0 Å². The molecular formula is C26H32ClN5O3. The summed E-state index contributed by atoms with van der Waals surface area (Å²) < 4.78 is 13.2. The fraction of sp³-hybridized carbons (Fsp3) is 0.538. The van der Waals surface area contributed by atoms with Crippen LogP contribution in [0.5, 0.6) is 0 Å². The molecule has 0 saturated heterocycles. The van der Waals surface area contributed by atoms with Crippen molar-refractivity contribution in [1.29, 1.82) is 0 Å². The Balaban J connectivity index is 1.42. The molecule has 0 spiro atoms. The summed E-state index contributed by atoms with van der Waals surface area (Å²) in [6, 6.07) is 5.86. The number of halogens is 1. The van der Waals surface area contributed by atoms with Gasteiger partial charge in [-0.1, -0.05) is 23.7 Å². The van der Waals surface area contributed by atoms with Gasteiger partial charge in [-0.25, -0.2) is 9.78 Å². The third-order valence-electron chi connectivity index (χ3n) is 6.79. The van der Waals surface area contributed by atoms with Crippen molar-refractivity contribution in [3.8, 4) is 5.69 Å². The molecule has 5 rings (SSSR count). The maximum Gasteiger partial charge on any atom is 0.411 e. The van der Waals surface area contributed by atoms with Gasteiger partial charge in [0.15, 0.2) is 5.82 Å². The number of carbonyl (C=O) groups is 1. The van der Waals surface area contributed by atoms with E-state index in [2.05, 4.69) is 14.7 Å². The normalized spacial score (nSPS) is 20.2. The van der Waals surface area contributed by atoms with Crippen molar-refractivity contribution in [2.45, 2.75) is 90.3 Å². The molecule has 0 unspecified atom stereocenters. The topological polar surface area (TPSA) is 86.3 Å². The Kier molecular flexibility index (Phi) is 6.34. The summed E-state index contributed by atoms with van der Waals surface area (Å²) in [5.41, 5.74) is 2.61. The molecule has 1 aliphatic heterocycles. The first kappa shape index (κ1) is 23.9. The highest BCUT2D eigenvalue weighted by Gasteiger charge is 2.33. The lowest BCUT2D eigenvalue weighted by molar-refractivity contribution is 0.0214. The summed E-state index contributed by atoms with van der Waals surface area (Å²) in [6.07, 6.45) is 6.43. The molecule has 1 aliphatic carbocycles. The zero-order chi connectivity index (χ0) is 24.7. The van der Waals surface area contributed by atoms with Crippen LogP contribution in [0.2, 0.25) is 5.02 Å². The van der Waals surface area contributed by atoms with Crippen LogP contribution in [0.1, 0.15) is 94.0 Å². The van der Waals surface area contributed by atoms with Gasteiger partial charge in [-0.15, -0.1) is 0 Å². The third-order valence-corrected chi connectivity index (χ3v) is 7.02. The lowest BCUT2D eigenvalue weighted by Gasteiger charge is -2.27. The van der Waals surface area contributed by atoms with Gasteiger partial charge in [0.25, 0.3) is 0 Å². The molecule has 3 aromatic rings. The summed E-state index contributed by atoms with van der Waals surface area (Å²) in [5.74, 6) is 3.06. The molecule has 0 atom stereocenters. The second-order valence-electron chi connectivity index (χ2n) is 10.5. The van der Waals surface area contributed by atoms with Crippen LogP contribution in [-0.4, -0.2) is 36.3 Å². The number of carbonyl (C=O) groups excluding carboxylic acids is 1. The Hall–Kier alpha value is -2.87. The smallest absolute Gasteiger partial charge is 0.411 e. The van der Waals surface area contributed by atoms with Crippen molar-refractivity contribution < 1.29 is 14.1 Å². The van der Waals surface area contributed by atoms with Gasteiger partial charge >= 0.3 is 6.09 Å². The SMILES string of the molecule is CCc1nc([C@H]2CC[C@H](c3cnc4n3-c3ccc(Cl)cc3CN(C(=O)OC(C)(C)C)C4)CC2)no1. The zero-order valence-electron chi connectivity index (χ0n) is 20.8. The highest BCUT2D eigenvalue weighted by molar-refractivity contribution is 6.30. The Morgan fingerprint density at radius 3 is 2.60 bits per heavy atom. The van der Waals surface area contributed by atoms with Gasteiger partial charge in [0.1, 0.15) is 11.4 Å². The maximum absolute atomic E-state index is 13.0. The molecule has 2 aliphatic rings. The molecule has 0 radical (unpaired) electrons. The van der Waals surface area contributed by atoms with Crippen molar-refractivity contribution in [2.24, 2.45) is 0 Å². The largest absolute Gasteiger partial charge is 0.444 e. The molecule has 1 fully saturated rings. The fourth-order valence-corrected chi connectivity index (χ4v) is 5.29. The summed E-state index contributed by atoms with van der Waals surface area (Å²) in [6.45, 7) is 8.44. The predicted octanol–water partition coefficient (Wildman–Crippen LogP) is 6.16. The summed E-state index contributed by atoms with van der Waals surface area (Å²) in [7, 11) is 0.